The van der Waals surface area contributed by atoms with Gasteiger partial charge in [0.25, 0.3) is 11.8 Å². The van der Waals surface area contributed by atoms with E-state index in [1.54, 1.807) is 50.4 Å². The Morgan fingerprint density at radius 3 is 2.82 bits per heavy atom. The summed E-state index contributed by atoms with van der Waals surface area (Å²) >= 11 is 0. The summed E-state index contributed by atoms with van der Waals surface area (Å²) in [5.41, 5.74) is 2.04. The van der Waals surface area contributed by atoms with E-state index in [-0.39, 0.29) is 17.9 Å². The third-order valence-electron chi connectivity index (χ3n) is 5.05. The Hall–Kier alpha value is -3.02. The fraction of sp³-hybridized carbons (Fsp3) is 0.364. The van der Waals surface area contributed by atoms with Crippen LogP contribution in [0.25, 0.3) is 0 Å². The highest BCUT2D eigenvalue weighted by Crippen LogP contribution is 2.30. The standard InChI is InChI=1S/C22H26N2O4/c1-5-14(2)24-13-17-11-18(9-10-20(17)28-15(3)22(24)26)23-21(25)16-7-6-8-19(12-16)27-4/h6-12,14-15H,5,13H2,1-4H3,(H,23,25). The maximum atomic E-state index is 12.6. The molecule has 0 fully saturated rings. The lowest BCUT2D eigenvalue weighted by Crippen LogP contribution is -2.42. The summed E-state index contributed by atoms with van der Waals surface area (Å²) in [6, 6.07) is 12.6. The van der Waals surface area contributed by atoms with Crippen molar-refractivity contribution in [2.24, 2.45) is 0 Å². The highest BCUT2D eigenvalue weighted by molar-refractivity contribution is 6.04. The quantitative estimate of drug-likeness (QED) is 0.853. The lowest BCUT2D eigenvalue weighted by molar-refractivity contribution is -0.139. The molecule has 0 spiro atoms. The number of carbonyl (C=O) groups excluding carboxylic acids is 2. The Morgan fingerprint density at radius 1 is 1.32 bits per heavy atom. The number of fused-ring (bicyclic) bond motifs is 1. The average molecular weight is 382 g/mol. The van der Waals surface area contributed by atoms with Crippen molar-refractivity contribution in [3.63, 3.8) is 0 Å². The maximum Gasteiger partial charge on any atom is 0.263 e. The summed E-state index contributed by atoms with van der Waals surface area (Å²) in [5, 5.41) is 2.91. The average Bonchev–Trinajstić information content (AvgIpc) is 2.83. The SMILES string of the molecule is CCC(C)N1Cc2cc(NC(=O)c3cccc(OC)c3)ccc2OC(C)C1=O. The third kappa shape index (κ3) is 4.11. The van der Waals surface area contributed by atoms with Gasteiger partial charge >= 0.3 is 0 Å². The number of carbonyl (C=O) groups is 2. The zero-order valence-electron chi connectivity index (χ0n) is 16.7. The number of amides is 2. The van der Waals surface area contributed by atoms with Crippen LogP contribution in [0, 0.1) is 0 Å². The van der Waals surface area contributed by atoms with Gasteiger partial charge in [-0.3, -0.25) is 9.59 Å². The smallest absolute Gasteiger partial charge is 0.263 e. The van der Waals surface area contributed by atoms with Crippen molar-refractivity contribution in [1.29, 1.82) is 0 Å². The Morgan fingerprint density at radius 2 is 2.11 bits per heavy atom. The van der Waals surface area contributed by atoms with Gasteiger partial charge in [0.2, 0.25) is 0 Å². The van der Waals surface area contributed by atoms with Crippen molar-refractivity contribution in [3.05, 3.63) is 53.6 Å². The lowest BCUT2D eigenvalue weighted by Gasteiger charge is -2.28. The topological polar surface area (TPSA) is 67.9 Å². The fourth-order valence-corrected chi connectivity index (χ4v) is 3.19. The van der Waals surface area contributed by atoms with Crippen molar-refractivity contribution in [1.82, 2.24) is 4.90 Å². The van der Waals surface area contributed by atoms with E-state index in [9.17, 15) is 9.59 Å². The van der Waals surface area contributed by atoms with Gasteiger partial charge in [0.05, 0.1) is 7.11 Å². The Kier molecular flexibility index (Phi) is 5.87. The molecule has 6 heteroatoms. The number of benzene rings is 2. The van der Waals surface area contributed by atoms with E-state index in [0.717, 1.165) is 12.0 Å². The van der Waals surface area contributed by atoms with Crippen LogP contribution in [0.15, 0.2) is 42.5 Å². The largest absolute Gasteiger partial charge is 0.497 e. The van der Waals surface area contributed by atoms with Gasteiger partial charge in [-0.2, -0.15) is 0 Å². The molecule has 0 saturated heterocycles. The summed E-state index contributed by atoms with van der Waals surface area (Å²) in [7, 11) is 1.56. The van der Waals surface area contributed by atoms with Gasteiger partial charge < -0.3 is 19.7 Å². The van der Waals surface area contributed by atoms with E-state index in [0.29, 0.717) is 29.3 Å². The van der Waals surface area contributed by atoms with Crippen LogP contribution in [0.5, 0.6) is 11.5 Å². The Bertz CT molecular complexity index is 881. The molecule has 0 aromatic heterocycles. The van der Waals surface area contributed by atoms with E-state index in [1.165, 1.54) is 0 Å². The number of nitrogens with zero attached hydrogens (tertiary/aromatic N) is 1. The number of hydrogen-bond donors (Lipinski definition) is 1. The van der Waals surface area contributed by atoms with Crippen LogP contribution in [0.3, 0.4) is 0 Å². The Balaban J connectivity index is 1.84. The number of methoxy groups -OCH3 is 1. The van der Waals surface area contributed by atoms with Gasteiger partial charge in [0.1, 0.15) is 11.5 Å². The Labute approximate surface area is 165 Å². The number of ether oxygens (including phenoxy) is 2. The van der Waals surface area contributed by atoms with Gasteiger partial charge in [-0.25, -0.2) is 0 Å². The molecule has 1 heterocycles. The van der Waals surface area contributed by atoms with Crippen molar-refractivity contribution < 1.29 is 19.1 Å². The first kappa shape index (κ1) is 19.7. The molecule has 2 aromatic rings. The predicted molar refractivity (Wildman–Crippen MR) is 108 cm³/mol. The number of nitrogens with one attached hydrogen (secondary N) is 1. The van der Waals surface area contributed by atoms with Crippen LogP contribution in [0.1, 0.15) is 43.1 Å². The van der Waals surface area contributed by atoms with Gasteiger partial charge in [0.15, 0.2) is 6.10 Å². The van der Waals surface area contributed by atoms with E-state index in [4.69, 9.17) is 9.47 Å². The molecular formula is C22H26N2O4. The van der Waals surface area contributed by atoms with E-state index >= 15 is 0 Å². The summed E-state index contributed by atoms with van der Waals surface area (Å²) in [4.78, 5) is 27.1. The number of rotatable bonds is 5. The molecule has 2 atom stereocenters. The van der Waals surface area contributed by atoms with Crippen LogP contribution in [-0.4, -0.2) is 36.0 Å². The predicted octanol–water partition coefficient (Wildman–Crippen LogP) is 3.86. The van der Waals surface area contributed by atoms with E-state index < -0.39 is 6.10 Å². The van der Waals surface area contributed by atoms with Crippen LogP contribution >= 0.6 is 0 Å². The van der Waals surface area contributed by atoms with Crippen molar-refractivity contribution in [2.75, 3.05) is 12.4 Å². The second-order valence-electron chi connectivity index (χ2n) is 6.99. The summed E-state index contributed by atoms with van der Waals surface area (Å²) in [6.45, 7) is 6.31. The highest BCUT2D eigenvalue weighted by Gasteiger charge is 2.30. The normalized spacial score (nSPS) is 17.2. The first-order valence-corrected chi connectivity index (χ1v) is 9.48. The summed E-state index contributed by atoms with van der Waals surface area (Å²) < 4.78 is 11.0. The van der Waals surface area contributed by atoms with Gasteiger partial charge in [-0.15, -0.1) is 0 Å². The minimum Gasteiger partial charge on any atom is -0.497 e. The first-order chi connectivity index (χ1) is 13.4. The molecular weight excluding hydrogens is 356 g/mol. The van der Waals surface area contributed by atoms with Crippen LogP contribution in [0.4, 0.5) is 5.69 Å². The first-order valence-electron chi connectivity index (χ1n) is 9.48. The van der Waals surface area contributed by atoms with Crippen LogP contribution < -0.4 is 14.8 Å². The molecule has 1 aliphatic rings. The number of hydrogen-bond acceptors (Lipinski definition) is 4. The molecule has 0 saturated carbocycles. The second-order valence-corrected chi connectivity index (χ2v) is 6.99. The number of anilines is 1. The molecule has 6 nitrogen and oxygen atoms in total. The highest BCUT2D eigenvalue weighted by atomic mass is 16.5. The molecule has 1 aliphatic heterocycles. The summed E-state index contributed by atoms with van der Waals surface area (Å²) in [6.07, 6.45) is 0.326. The second kappa shape index (κ2) is 8.33. The minimum absolute atomic E-state index is 0.0208. The molecule has 2 aromatic carbocycles. The maximum absolute atomic E-state index is 12.6. The van der Waals surface area contributed by atoms with Crippen molar-refractivity contribution in [3.8, 4) is 11.5 Å². The molecule has 0 radical (unpaired) electrons. The molecule has 148 valence electrons. The minimum atomic E-state index is -0.535. The van der Waals surface area contributed by atoms with Gasteiger partial charge in [-0.1, -0.05) is 13.0 Å². The van der Waals surface area contributed by atoms with E-state index in [1.807, 2.05) is 17.9 Å². The monoisotopic (exact) mass is 382 g/mol. The van der Waals surface area contributed by atoms with Crippen LogP contribution in [-0.2, 0) is 11.3 Å². The zero-order chi connectivity index (χ0) is 20.3. The molecule has 28 heavy (non-hydrogen) atoms. The molecule has 2 unspecified atom stereocenters. The van der Waals surface area contributed by atoms with Crippen molar-refractivity contribution in [2.45, 2.75) is 45.9 Å². The van der Waals surface area contributed by atoms with E-state index in [2.05, 4.69) is 12.2 Å². The lowest BCUT2D eigenvalue weighted by atomic mass is 10.1. The zero-order valence-corrected chi connectivity index (χ0v) is 16.7. The molecule has 0 bridgehead atoms. The molecule has 3 rings (SSSR count). The van der Waals surface area contributed by atoms with Crippen LogP contribution in [0.2, 0.25) is 0 Å². The van der Waals surface area contributed by atoms with Gasteiger partial charge in [0, 0.05) is 29.4 Å². The molecule has 0 aliphatic carbocycles. The third-order valence-corrected chi connectivity index (χ3v) is 5.05. The summed E-state index contributed by atoms with van der Waals surface area (Å²) in [5.74, 6) is 1.05. The fourth-order valence-electron chi connectivity index (χ4n) is 3.19. The molecule has 1 N–H and O–H groups in total. The molecule has 2 amide bonds. The van der Waals surface area contributed by atoms with Gasteiger partial charge in [-0.05, 0) is 56.7 Å². The van der Waals surface area contributed by atoms with Crippen molar-refractivity contribution >= 4 is 17.5 Å².